The number of hydrogen-bond donors (Lipinski definition) is 0. The number of halogens is 1. The Balaban J connectivity index is 1.50. The molecule has 1 aliphatic rings. The van der Waals surface area contributed by atoms with E-state index in [-0.39, 0.29) is 5.91 Å². The van der Waals surface area contributed by atoms with E-state index in [1.807, 2.05) is 67.3 Å². The van der Waals surface area contributed by atoms with Gasteiger partial charge in [0.25, 0.3) is 5.91 Å². The normalized spacial score (nSPS) is 14.1. The molecule has 0 unspecified atom stereocenters. The van der Waals surface area contributed by atoms with Crippen molar-refractivity contribution in [1.82, 2.24) is 14.7 Å². The fourth-order valence-electron chi connectivity index (χ4n) is 3.79. The van der Waals surface area contributed by atoms with Gasteiger partial charge < -0.3 is 14.5 Å². The van der Waals surface area contributed by atoms with Gasteiger partial charge in [0, 0.05) is 26.2 Å². The minimum atomic E-state index is -0.0718. The van der Waals surface area contributed by atoms with Gasteiger partial charge in [0.15, 0.2) is 0 Å². The number of carbonyl (C=O) groups is 1. The van der Waals surface area contributed by atoms with Crippen LogP contribution < -0.4 is 9.64 Å². The van der Waals surface area contributed by atoms with E-state index in [2.05, 4.69) is 16.1 Å². The maximum absolute atomic E-state index is 13.2. The number of para-hydroxylation sites is 3. The van der Waals surface area contributed by atoms with Gasteiger partial charge in [0.1, 0.15) is 10.9 Å². The fraction of sp³-hybridized carbons (Fsp3) is 0.304. The summed E-state index contributed by atoms with van der Waals surface area (Å²) in [6.07, 6.45) is 0. The van der Waals surface area contributed by atoms with Crippen LogP contribution >= 0.6 is 11.6 Å². The highest BCUT2D eigenvalue weighted by Gasteiger charge is 2.28. The minimum absolute atomic E-state index is 0.0718. The van der Waals surface area contributed by atoms with Crippen LogP contribution in [0.4, 0.5) is 5.69 Å². The number of ether oxygens (including phenoxy) is 1. The Morgan fingerprint density at radius 3 is 2.40 bits per heavy atom. The van der Waals surface area contributed by atoms with Crippen LogP contribution in [0.3, 0.4) is 0 Å². The van der Waals surface area contributed by atoms with Gasteiger partial charge in [0.05, 0.1) is 29.2 Å². The lowest BCUT2D eigenvalue weighted by Crippen LogP contribution is -2.49. The Hall–Kier alpha value is -2.99. The molecule has 1 aromatic heterocycles. The van der Waals surface area contributed by atoms with E-state index in [9.17, 15) is 4.79 Å². The van der Waals surface area contributed by atoms with Crippen molar-refractivity contribution in [2.75, 3.05) is 37.7 Å². The molecule has 3 aromatic rings. The molecular weight excluding hydrogens is 400 g/mol. The summed E-state index contributed by atoms with van der Waals surface area (Å²) in [5, 5.41) is 4.86. The van der Waals surface area contributed by atoms with E-state index in [0.717, 1.165) is 30.2 Å². The van der Waals surface area contributed by atoms with Crippen LogP contribution in [0, 0.1) is 6.92 Å². The molecule has 6 nitrogen and oxygen atoms in total. The Morgan fingerprint density at radius 1 is 1.03 bits per heavy atom. The first-order chi connectivity index (χ1) is 14.6. The van der Waals surface area contributed by atoms with Crippen molar-refractivity contribution in [2.45, 2.75) is 13.8 Å². The maximum Gasteiger partial charge on any atom is 0.259 e. The SMILES string of the molecule is CCOc1ccccc1N1CCN(C(=O)c2c(C)nn(-c3ccccc3)c2Cl)CC1. The minimum Gasteiger partial charge on any atom is -0.492 e. The smallest absolute Gasteiger partial charge is 0.259 e. The Bertz CT molecular complexity index is 1030. The third-order valence-corrected chi connectivity index (χ3v) is 5.64. The second kappa shape index (κ2) is 8.79. The summed E-state index contributed by atoms with van der Waals surface area (Å²) in [4.78, 5) is 17.4. The van der Waals surface area contributed by atoms with Gasteiger partial charge in [-0.3, -0.25) is 4.79 Å². The maximum atomic E-state index is 13.2. The van der Waals surface area contributed by atoms with Crippen LogP contribution in [-0.2, 0) is 0 Å². The van der Waals surface area contributed by atoms with Crippen molar-refractivity contribution < 1.29 is 9.53 Å². The zero-order chi connectivity index (χ0) is 21.1. The van der Waals surface area contributed by atoms with Gasteiger partial charge in [-0.2, -0.15) is 5.10 Å². The van der Waals surface area contributed by atoms with Gasteiger partial charge in [0.2, 0.25) is 0 Å². The van der Waals surface area contributed by atoms with Gasteiger partial charge >= 0.3 is 0 Å². The first-order valence-electron chi connectivity index (χ1n) is 10.2. The summed E-state index contributed by atoms with van der Waals surface area (Å²) in [7, 11) is 0. The average Bonchev–Trinajstić information content (AvgIpc) is 3.08. The Labute approximate surface area is 181 Å². The van der Waals surface area contributed by atoms with Gasteiger partial charge in [-0.1, -0.05) is 41.9 Å². The van der Waals surface area contributed by atoms with E-state index in [0.29, 0.717) is 36.1 Å². The summed E-state index contributed by atoms with van der Waals surface area (Å²) in [5.74, 6) is 0.806. The fourth-order valence-corrected chi connectivity index (χ4v) is 4.14. The van der Waals surface area contributed by atoms with Crippen molar-refractivity contribution in [3.8, 4) is 11.4 Å². The van der Waals surface area contributed by atoms with E-state index in [4.69, 9.17) is 16.3 Å². The predicted octanol–water partition coefficient (Wildman–Crippen LogP) is 4.20. The summed E-state index contributed by atoms with van der Waals surface area (Å²) in [6, 6.07) is 17.6. The molecule has 2 heterocycles. The molecule has 0 bridgehead atoms. The molecule has 2 aromatic carbocycles. The monoisotopic (exact) mass is 424 g/mol. The standard InChI is InChI=1S/C23H25ClN4O2/c1-3-30-20-12-8-7-11-19(20)26-13-15-27(16-14-26)23(29)21-17(2)25-28(22(21)24)18-9-5-4-6-10-18/h4-12H,3,13-16H2,1-2H3. The van der Waals surface area contributed by atoms with Crippen molar-refractivity contribution in [3.05, 3.63) is 71.0 Å². The van der Waals surface area contributed by atoms with Crippen LogP contribution in [-0.4, -0.2) is 53.4 Å². The van der Waals surface area contributed by atoms with Crippen LogP contribution in [0.15, 0.2) is 54.6 Å². The highest BCUT2D eigenvalue weighted by atomic mass is 35.5. The van der Waals surface area contributed by atoms with E-state index in [1.54, 1.807) is 4.68 Å². The molecule has 0 radical (unpaired) electrons. The Morgan fingerprint density at radius 2 is 1.70 bits per heavy atom. The highest BCUT2D eigenvalue weighted by Crippen LogP contribution is 2.30. The molecule has 0 aliphatic carbocycles. The lowest BCUT2D eigenvalue weighted by atomic mass is 10.2. The predicted molar refractivity (Wildman–Crippen MR) is 119 cm³/mol. The van der Waals surface area contributed by atoms with Crippen molar-refractivity contribution in [2.24, 2.45) is 0 Å². The number of anilines is 1. The number of nitrogens with zero attached hydrogens (tertiary/aromatic N) is 4. The molecule has 0 spiro atoms. The van der Waals surface area contributed by atoms with Crippen LogP contribution in [0.5, 0.6) is 5.75 Å². The number of rotatable bonds is 5. The summed E-state index contributed by atoms with van der Waals surface area (Å²) < 4.78 is 7.38. The van der Waals surface area contributed by atoms with Gasteiger partial charge in [-0.05, 0) is 38.1 Å². The number of amides is 1. The van der Waals surface area contributed by atoms with E-state index < -0.39 is 0 Å². The van der Waals surface area contributed by atoms with Crippen LogP contribution in [0.2, 0.25) is 5.15 Å². The number of piperazine rings is 1. The topological polar surface area (TPSA) is 50.6 Å². The summed E-state index contributed by atoms with van der Waals surface area (Å²) >= 11 is 6.58. The molecule has 1 amide bonds. The molecule has 1 fully saturated rings. The molecule has 4 rings (SSSR count). The lowest BCUT2D eigenvalue weighted by molar-refractivity contribution is 0.0746. The zero-order valence-electron chi connectivity index (χ0n) is 17.2. The largest absolute Gasteiger partial charge is 0.492 e. The summed E-state index contributed by atoms with van der Waals surface area (Å²) in [6.45, 7) is 7.14. The van der Waals surface area contributed by atoms with Crippen molar-refractivity contribution >= 4 is 23.2 Å². The van der Waals surface area contributed by atoms with Crippen molar-refractivity contribution in [3.63, 3.8) is 0 Å². The first-order valence-corrected chi connectivity index (χ1v) is 10.5. The van der Waals surface area contributed by atoms with Gasteiger partial charge in [-0.25, -0.2) is 4.68 Å². The molecule has 156 valence electrons. The molecule has 7 heteroatoms. The third-order valence-electron chi connectivity index (χ3n) is 5.29. The van der Waals surface area contributed by atoms with E-state index >= 15 is 0 Å². The number of carbonyl (C=O) groups excluding carboxylic acids is 1. The van der Waals surface area contributed by atoms with Gasteiger partial charge in [-0.15, -0.1) is 0 Å². The average molecular weight is 425 g/mol. The van der Waals surface area contributed by atoms with Crippen LogP contribution in [0.1, 0.15) is 23.0 Å². The molecule has 1 saturated heterocycles. The number of aromatic nitrogens is 2. The Kier molecular flexibility index (Phi) is 5.95. The third kappa shape index (κ3) is 3.87. The molecular formula is C23H25ClN4O2. The number of benzene rings is 2. The lowest BCUT2D eigenvalue weighted by Gasteiger charge is -2.36. The van der Waals surface area contributed by atoms with Crippen LogP contribution in [0.25, 0.3) is 5.69 Å². The zero-order valence-corrected chi connectivity index (χ0v) is 18.0. The molecule has 1 aliphatic heterocycles. The highest BCUT2D eigenvalue weighted by molar-refractivity contribution is 6.33. The molecule has 0 N–H and O–H groups in total. The first kappa shape index (κ1) is 20.3. The summed E-state index contributed by atoms with van der Waals surface area (Å²) in [5.41, 5.74) is 3.02. The second-order valence-electron chi connectivity index (χ2n) is 7.18. The number of aryl methyl sites for hydroxylation is 1. The molecule has 30 heavy (non-hydrogen) atoms. The second-order valence-corrected chi connectivity index (χ2v) is 7.54. The quantitative estimate of drug-likeness (QED) is 0.616. The van der Waals surface area contributed by atoms with Crippen molar-refractivity contribution in [1.29, 1.82) is 0 Å². The molecule has 0 atom stereocenters. The molecule has 0 saturated carbocycles. The number of hydrogen-bond acceptors (Lipinski definition) is 4. The van der Waals surface area contributed by atoms with E-state index in [1.165, 1.54) is 0 Å².